The average Bonchev–Trinajstić information content (AvgIpc) is 3.58. The standard InChI is InChI=1S/C33H43N7O4.2ClH/c1-2-3-19-40-30(41)28(22-32(43)15-5-4-6-16-32)34-31(42)33(40)17-20-39(21-18-33)23-24-7-11-26(12-8-24)44-27-13-9-25(10-14-27)29-35-37-38-36-29;;/h7-14,28,43H,2-6,15-23H2,1H3,(H,34,42)(H,35,36,37,38);2*1H/t28-;;/m1../s1. The highest BCUT2D eigenvalue weighted by Crippen LogP contribution is 2.38. The van der Waals surface area contributed by atoms with Crippen molar-refractivity contribution in [3.05, 3.63) is 54.1 Å². The van der Waals surface area contributed by atoms with Crippen LogP contribution in [-0.2, 0) is 16.1 Å². The lowest BCUT2D eigenvalue weighted by Gasteiger charge is -2.52. The molecular weight excluding hydrogens is 629 g/mol. The van der Waals surface area contributed by atoms with E-state index in [4.69, 9.17) is 4.74 Å². The summed E-state index contributed by atoms with van der Waals surface area (Å²) in [4.78, 5) is 31.8. The van der Waals surface area contributed by atoms with E-state index < -0.39 is 17.2 Å². The fourth-order valence-electron chi connectivity index (χ4n) is 7.05. The van der Waals surface area contributed by atoms with E-state index in [1.807, 2.05) is 41.3 Å². The van der Waals surface area contributed by atoms with Crippen molar-refractivity contribution in [2.45, 2.75) is 94.9 Å². The highest BCUT2D eigenvalue weighted by Gasteiger charge is 2.54. The molecule has 3 aromatic rings. The van der Waals surface area contributed by atoms with Crippen LogP contribution in [0.25, 0.3) is 11.4 Å². The molecule has 13 heteroatoms. The minimum absolute atomic E-state index is 0. The van der Waals surface area contributed by atoms with Crippen molar-refractivity contribution in [2.75, 3.05) is 19.6 Å². The summed E-state index contributed by atoms with van der Waals surface area (Å²) in [6, 6.07) is 15.0. The highest BCUT2D eigenvalue weighted by molar-refractivity contribution is 6.00. The highest BCUT2D eigenvalue weighted by atomic mass is 35.5. The normalized spacial score (nSPS) is 20.8. The number of piperidine rings is 1. The molecule has 46 heavy (non-hydrogen) atoms. The van der Waals surface area contributed by atoms with E-state index in [2.05, 4.69) is 49.9 Å². The van der Waals surface area contributed by atoms with E-state index in [0.29, 0.717) is 44.5 Å². The lowest BCUT2D eigenvalue weighted by molar-refractivity contribution is -0.163. The van der Waals surface area contributed by atoms with Crippen LogP contribution in [0, 0.1) is 0 Å². The summed E-state index contributed by atoms with van der Waals surface area (Å²) in [5.74, 6) is 2.00. The number of benzene rings is 2. The van der Waals surface area contributed by atoms with Gasteiger partial charge in [-0.3, -0.25) is 14.5 Å². The predicted molar refractivity (Wildman–Crippen MR) is 179 cm³/mol. The first-order valence-corrected chi connectivity index (χ1v) is 16.1. The maximum Gasteiger partial charge on any atom is 0.246 e. The number of unbranched alkanes of at least 4 members (excludes halogenated alkanes) is 1. The van der Waals surface area contributed by atoms with E-state index in [-0.39, 0.29) is 36.6 Å². The second kappa shape index (κ2) is 15.6. The Hall–Kier alpha value is -3.25. The quantitative estimate of drug-likeness (QED) is 0.272. The predicted octanol–water partition coefficient (Wildman–Crippen LogP) is 5.05. The zero-order valence-corrected chi connectivity index (χ0v) is 28.0. The molecule has 3 aliphatic rings. The number of halogens is 2. The summed E-state index contributed by atoms with van der Waals surface area (Å²) in [6.07, 6.45) is 7.79. The lowest BCUT2D eigenvalue weighted by atomic mass is 9.77. The Morgan fingerprint density at radius 1 is 0.935 bits per heavy atom. The summed E-state index contributed by atoms with van der Waals surface area (Å²) >= 11 is 0. The number of hydrogen-bond acceptors (Lipinski definition) is 8. The molecule has 3 heterocycles. The molecule has 3 fully saturated rings. The third-order valence-electron chi connectivity index (χ3n) is 9.63. The number of H-pyrrole nitrogens is 1. The summed E-state index contributed by atoms with van der Waals surface area (Å²) in [5.41, 5.74) is 0.361. The number of tetrazole rings is 1. The maximum atomic E-state index is 13.8. The Bertz CT molecular complexity index is 1410. The maximum absolute atomic E-state index is 13.8. The van der Waals surface area contributed by atoms with E-state index >= 15 is 0 Å². The molecule has 1 spiro atoms. The molecule has 2 aromatic carbocycles. The van der Waals surface area contributed by atoms with Crippen molar-refractivity contribution in [3.8, 4) is 22.9 Å². The molecule has 2 aliphatic heterocycles. The van der Waals surface area contributed by atoms with Gasteiger partial charge in [0, 0.05) is 38.2 Å². The van der Waals surface area contributed by atoms with Crippen LogP contribution in [0.2, 0.25) is 0 Å². The molecule has 0 radical (unpaired) electrons. The number of aromatic amines is 1. The largest absolute Gasteiger partial charge is 0.457 e. The molecule has 1 aliphatic carbocycles. The molecule has 1 saturated carbocycles. The van der Waals surface area contributed by atoms with Crippen molar-refractivity contribution < 1.29 is 19.4 Å². The van der Waals surface area contributed by atoms with Crippen molar-refractivity contribution in [1.82, 2.24) is 35.7 Å². The fourth-order valence-corrected chi connectivity index (χ4v) is 7.05. The topological polar surface area (TPSA) is 137 Å². The monoisotopic (exact) mass is 673 g/mol. The number of likely N-dealkylation sites (tertiary alicyclic amines) is 1. The van der Waals surface area contributed by atoms with Crippen LogP contribution < -0.4 is 10.1 Å². The van der Waals surface area contributed by atoms with Gasteiger partial charge >= 0.3 is 0 Å². The van der Waals surface area contributed by atoms with Gasteiger partial charge in [0.1, 0.15) is 23.1 Å². The minimum atomic E-state index is -0.864. The molecule has 1 atom stereocenters. The van der Waals surface area contributed by atoms with Gasteiger partial charge < -0.3 is 20.1 Å². The molecule has 3 N–H and O–H groups in total. The van der Waals surface area contributed by atoms with Gasteiger partial charge in [-0.05, 0) is 84.5 Å². The van der Waals surface area contributed by atoms with Crippen LogP contribution >= 0.6 is 24.8 Å². The number of rotatable bonds is 10. The number of aliphatic hydroxyl groups is 1. The van der Waals surface area contributed by atoms with E-state index in [1.165, 1.54) is 0 Å². The second-order valence-corrected chi connectivity index (χ2v) is 12.7. The lowest BCUT2D eigenvalue weighted by Crippen LogP contribution is -2.73. The van der Waals surface area contributed by atoms with E-state index in [1.54, 1.807) is 0 Å². The van der Waals surface area contributed by atoms with Crippen LogP contribution in [0.15, 0.2) is 48.5 Å². The van der Waals surface area contributed by atoms with Crippen molar-refractivity contribution in [1.29, 1.82) is 0 Å². The molecular formula is C33H45Cl2N7O4. The number of hydrogen-bond donors (Lipinski definition) is 3. The third-order valence-corrected chi connectivity index (χ3v) is 9.63. The minimum Gasteiger partial charge on any atom is -0.457 e. The van der Waals surface area contributed by atoms with Crippen molar-refractivity contribution in [3.63, 3.8) is 0 Å². The SMILES string of the molecule is CCCCN1C(=O)[C@@H](CC2(O)CCCCC2)NC(=O)C12CCN(Cc1ccc(Oc3ccc(-c4nnn[nH]4)cc3)cc1)CC2.Cl.Cl. The number of piperazine rings is 1. The number of aromatic nitrogens is 4. The molecule has 250 valence electrons. The zero-order valence-electron chi connectivity index (χ0n) is 26.3. The molecule has 0 unspecified atom stereocenters. The van der Waals surface area contributed by atoms with Gasteiger partial charge in [-0.25, -0.2) is 5.10 Å². The van der Waals surface area contributed by atoms with E-state index in [9.17, 15) is 14.7 Å². The molecule has 11 nitrogen and oxygen atoms in total. The van der Waals surface area contributed by atoms with Gasteiger partial charge in [-0.2, -0.15) is 0 Å². The molecule has 6 rings (SSSR count). The van der Waals surface area contributed by atoms with E-state index in [0.717, 1.165) is 74.4 Å². The van der Waals surface area contributed by atoms with Crippen LogP contribution in [0.3, 0.4) is 0 Å². The number of carbonyl (C=O) groups excluding carboxylic acids is 2. The molecule has 2 amide bonds. The Labute approximate surface area is 282 Å². The number of nitrogens with zero attached hydrogens (tertiary/aromatic N) is 5. The van der Waals surface area contributed by atoms with Crippen molar-refractivity contribution in [2.24, 2.45) is 0 Å². The van der Waals surface area contributed by atoms with Crippen molar-refractivity contribution >= 4 is 36.6 Å². The van der Waals surface area contributed by atoms with Crippen LogP contribution in [0.1, 0.15) is 76.7 Å². The number of nitrogens with one attached hydrogen (secondary N) is 2. The molecule has 1 aromatic heterocycles. The Balaban J connectivity index is 0.00000240. The Kier molecular flexibility index (Phi) is 12.0. The first kappa shape index (κ1) is 35.6. The first-order valence-electron chi connectivity index (χ1n) is 16.1. The Morgan fingerprint density at radius 2 is 1.59 bits per heavy atom. The van der Waals surface area contributed by atoms with Gasteiger partial charge in [0.2, 0.25) is 11.8 Å². The van der Waals surface area contributed by atoms with Crippen LogP contribution in [-0.4, -0.2) is 84.2 Å². The van der Waals surface area contributed by atoms with Crippen LogP contribution in [0.5, 0.6) is 11.5 Å². The average molecular weight is 675 g/mol. The van der Waals surface area contributed by atoms with Gasteiger partial charge in [0.25, 0.3) is 0 Å². The molecule has 2 saturated heterocycles. The fraction of sp³-hybridized carbons (Fsp3) is 0.545. The second-order valence-electron chi connectivity index (χ2n) is 12.7. The van der Waals surface area contributed by atoms with Gasteiger partial charge in [0.15, 0.2) is 5.82 Å². The van der Waals surface area contributed by atoms with Gasteiger partial charge in [-0.1, -0.05) is 44.7 Å². The smallest absolute Gasteiger partial charge is 0.246 e. The summed E-state index contributed by atoms with van der Waals surface area (Å²) in [7, 11) is 0. The zero-order chi connectivity index (χ0) is 30.6. The third kappa shape index (κ3) is 7.82. The van der Waals surface area contributed by atoms with Gasteiger partial charge in [-0.15, -0.1) is 29.9 Å². The summed E-state index contributed by atoms with van der Waals surface area (Å²) in [5, 5.41) is 28.1. The number of carbonyl (C=O) groups is 2. The number of amides is 2. The van der Waals surface area contributed by atoms with Crippen LogP contribution in [0.4, 0.5) is 0 Å². The Morgan fingerprint density at radius 3 is 2.20 bits per heavy atom. The summed E-state index contributed by atoms with van der Waals surface area (Å²) in [6.45, 7) is 4.90. The van der Waals surface area contributed by atoms with Gasteiger partial charge in [0.05, 0.1) is 5.60 Å². The number of ether oxygens (including phenoxy) is 1. The summed E-state index contributed by atoms with van der Waals surface area (Å²) < 4.78 is 6.03. The molecule has 0 bridgehead atoms. The first-order chi connectivity index (χ1) is 21.4.